The molecule has 8 heteroatoms. The molecule has 3 atom stereocenters. The van der Waals surface area contributed by atoms with E-state index < -0.39 is 5.82 Å². The normalized spacial score (nSPS) is 25.4. The van der Waals surface area contributed by atoms with Crippen LogP contribution in [0.3, 0.4) is 0 Å². The Labute approximate surface area is 173 Å². The summed E-state index contributed by atoms with van der Waals surface area (Å²) in [6.45, 7) is 0.919. The zero-order chi connectivity index (χ0) is 20.1. The minimum atomic E-state index is -0.435. The predicted octanol–water partition coefficient (Wildman–Crippen LogP) is 3.25. The lowest BCUT2D eigenvalue weighted by Crippen LogP contribution is -2.40. The van der Waals surface area contributed by atoms with Gasteiger partial charge < -0.3 is 10.2 Å². The summed E-state index contributed by atoms with van der Waals surface area (Å²) in [5.41, 5.74) is 0.911. The second kappa shape index (κ2) is 7.13. The minimum absolute atomic E-state index is 0.0855. The number of hydrogen-bond acceptors (Lipinski definition) is 3. The topological polar surface area (TPSA) is 67.2 Å². The lowest BCUT2D eigenvalue weighted by atomic mass is 9.95. The molecule has 2 amide bonds. The van der Waals surface area contributed by atoms with Gasteiger partial charge in [-0.3, -0.25) is 14.3 Å². The molecule has 1 aromatic heterocycles. The van der Waals surface area contributed by atoms with Crippen LogP contribution in [0.15, 0.2) is 24.3 Å². The molecule has 2 saturated carbocycles. The number of carbonyl (C=O) groups excluding carboxylic acids is 2. The molecule has 2 bridgehead atoms. The Bertz CT molecular complexity index is 971. The third-order valence-corrected chi connectivity index (χ3v) is 6.92. The lowest BCUT2D eigenvalue weighted by molar-refractivity contribution is 0.0681. The second-order valence-corrected chi connectivity index (χ2v) is 8.73. The Morgan fingerprint density at radius 2 is 2.14 bits per heavy atom. The van der Waals surface area contributed by atoms with Gasteiger partial charge in [0.05, 0.1) is 13.1 Å². The SMILES string of the molecule is O=C(NC1CC2CCC1C2)c1cc2n(n1)CCN(Cc1c(F)cccc1Cl)C2=O. The first-order chi connectivity index (χ1) is 14.0. The van der Waals surface area contributed by atoms with Crippen molar-refractivity contribution in [2.45, 2.75) is 44.8 Å². The average Bonchev–Trinajstić information content (AvgIpc) is 3.42. The number of halogens is 2. The first-order valence-electron chi connectivity index (χ1n) is 10.1. The van der Waals surface area contributed by atoms with Gasteiger partial charge in [0.15, 0.2) is 5.69 Å². The highest BCUT2D eigenvalue weighted by molar-refractivity contribution is 6.31. The van der Waals surface area contributed by atoms with Gasteiger partial charge in [-0.05, 0) is 43.2 Å². The van der Waals surface area contributed by atoms with E-state index in [1.165, 1.54) is 31.4 Å². The molecule has 1 aromatic carbocycles. The molecule has 2 heterocycles. The third-order valence-electron chi connectivity index (χ3n) is 6.57. The first kappa shape index (κ1) is 18.6. The predicted molar refractivity (Wildman–Crippen MR) is 105 cm³/mol. The van der Waals surface area contributed by atoms with E-state index in [9.17, 15) is 14.0 Å². The van der Waals surface area contributed by atoms with Crippen LogP contribution in [-0.2, 0) is 13.1 Å². The lowest BCUT2D eigenvalue weighted by Gasteiger charge is -2.27. The van der Waals surface area contributed by atoms with E-state index in [2.05, 4.69) is 10.4 Å². The minimum Gasteiger partial charge on any atom is -0.348 e. The number of benzene rings is 1. The van der Waals surface area contributed by atoms with E-state index in [1.54, 1.807) is 21.7 Å². The van der Waals surface area contributed by atoms with Crippen LogP contribution in [0, 0.1) is 17.7 Å². The molecule has 6 nitrogen and oxygen atoms in total. The fraction of sp³-hybridized carbons (Fsp3) is 0.476. The Morgan fingerprint density at radius 3 is 2.86 bits per heavy atom. The van der Waals surface area contributed by atoms with Crippen molar-refractivity contribution >= 4 is 23.4 Å². The summed E-state index contributed by atoms with van der Waals surface area (Å²) in [6.07, 6.45) is 4.70. The maximum atomic E-state index is 14.1. The van der Waals surface area contributed by atoms with Crippen molar-refractivity contribution in [3.8, 4) is 0 Å². The molecule has 2 fully saturated rings. The highest BCUT2D eigenvalue weighted by Gasteiger charge is 2.40. The van der Waals surface area contributed by atoms with Crippen LogP contribution in [0.2, 0.25) is 5.02 Å². The number of nitrogens with zero attached hydrogens (tertiary/aromatic N) is 3. The molecular formula is C21H22ClFN4O2. The van der Waals surface area contributed by atoms with Crippen LogP contribution < -0.4 is 5.32 Å². The smallest absolute Gasteiger partial charge is 0.272 e. The second-order valence-electron chi connectivity index (χ2n) is 8.32. The highest BCUT2D eigenvalue weighted by atomic mass is 35.5. The Hall–Kier alpha value is -2.41. The van der Waals surface area contributed by atoms with Gasteiger partial charge in [-0.2, -0.15) is 5.10 Å². The van der Waals surface area contributed by atoms with Crippen molar-refractivity contribution < 1.29 is 14.0 Å². The summed E-state index contributed by atoms with van der Waals surface area (Å²) < 4.78 is 15.7. The van der Waals surface area contributed by atoms with E-state index in [4.69, 9.17) is 11.6 Å². The fourth-order valence-corrected chi connectivity index (χ4v) is 5.26. The molecule has 3 aliphatic rings. The number of nitrogens with one attached hydrogen (secondary N) is 1. The van der Waals surface area contributed by atoms with Crippen LogP contribution in [0.4, 0.5) is 4.39 Å². The van der Waals surface area contributed by atoms with Crippen LogP contribution in [0.25, 0.3) is 0 Å². The quantitative estimate of drug-likeness (QED) is 0.831. The van der Waals surface area contributed by atoms with Crippen molar-refractivity contribution in [1.29, 1.82) is 0 Å². The molecule has 2 aliphatic carbocycles. The zero-order valence-corrected chi connectivity index (χ0v) is 16.7. The van der Waals surface area contributed by atoms with Crippen molar-refractivity contribution in [2.75, 3.05) is 6.54 Å². The molecule has 152 valence electrons. The Kier molecular flexibility index (Phi) is 4.57. The van der Waals surface area contributed by atoms with E-state index in [-0.39, 0.29) is 30.1 Å². The summed E-state index contributed by atoms with van der Waals surface area (Å²) in [5, 5.41) is 7.74. The molecule has 0 radical (unpaired) electrons. The van der Waals surface area contributed by atoms with Crippen molar-refractivity contribution in [3.05, 3.63) is 52.1 Å². The van der Waals surface area contributed by atoms with Crippen LogP contribution in [-0.4, -0.2) is 39.1 Å². The maximum Gasteiger partial charge on any atom is 0.272 e. The number of fused-ring (bicyclic) bond motifs is 3. The van der Waals surface area contributed by atoms with Gasteiger partial charge in [0.1, 0.15) is 11.5 Å². The van der Waals surface area contributed by atoms with E-state index in [0.717, 1.165) is 12.3 Å². The molecule has 3 unspecified atom stereocenters. The maximum absolute atomic E-state index is 14.1. The number of amides is 2. The first-order valence-corrected chi connectivity index (χ1v) is 10.5. The van der Waals surface area contributed by atoms with Crippen molar-refractivity contribution in [1.82, 2.24) is 20.0 Å². The van der Waals surface area contributed by atoms with Crippen molar-refractivity contribution in [2.24, 2.45) is 11.8 Å². The molecular weight excluding hydrogens is 395 g/mol. The highest BCUT2D eigenvalue weighted by Crippen LogP contribution is 2.44. The van der Waals surface area contributed by atoms with Gasteiger partial charge in [-0.25, -0.2) is 4.39 Å². The summed E-state index contributed by atoms with van der Waals surface area (Å²) in [4.78, 5) is 27.1. The monoisotopic (exact) mass is 416 g/mol. The van der Waals surface area contributed by atoms with Gasteiger partial charge >= 0.3 is 0 Å². The van der Waals surface area contributed by atoms with Gasteiger partial charge in [-0.1, -0.05) is 24.1 Å². The number of rotatable bonds is 4. The summed E-state index contributed by atoms with van der Waals surface area (Å²) in [5.74, 6) is 0.378. The average molecular weight is 417 g/mol. The molecule has 5 rings (SSSR count). The summed E-state index contributed by atoms with van der Waals surface area (Å²) in [6, 6.07) is 6.24. The van der Waals surface area contributed by atoms with Crippen LogP contribution in [0.5, 0.6) is 0 Å². The molecule has 0 saturated heterocycles. The van der Waals surface area contributed by atoms with Crippen LogP contribution >= 0.6 is 11.6 Å². The molecule has 1 N–H and O–H groups in total. The standard InChI is InChI=1S/C21H22ClFN4O2/c22-15-2-1-3-16(23)14(15)11-26-6-7-27-19(21(26)29)10-18(25-27)20(28)24-17-9-12-4-5-13(17)8-12/h1-3,10,12-13,17H,4-9,11H2,(H,24,28). The molecule has 1 aliphatic heterocycles. The van der Waals surface area contributed by atoms with E-state index >= 15 is 0 Å². The summed E-state index contributed by atoms with van der Waals surface area (Å²) in [7, 11) is 0. The molecule has 29 heavy (non-hydrogen) atoms. The Balaban J connectivity index is 1.31. The number of hydrogen-bond donors (Lipinski definition) is 1. The Morgan fingerprint density at radius 1 is 1.28 bits per heavy atom. The van der Waals surface area contributed by atoms with Crippen molar-refractivity contribution in [3.63, 3.8) is 0 Å². The van der Waals surface area contributed by atoms with Gasteiger partial charge in [-0.15, -0.1) is 0 Å². The van der Waals surface area contributed by atoms with Crippen LogP contribution in [0.1, 0.15) is 52.2 Å². The number of carbonyl (C=O) groups is 2. The third kappa shape index (κ3) is 3.31. The van der Waals surface area contributed by atoms with Gasteiger partial charge in [0.2, 0.25) is 0 Å². The molecule has 0 spiro atoms. The number of aromatic nitrogens is 2. The molecule has 2 aromatic rings. The fourth-order valence-electron chi connectivity index (χ4n) is 5.04. The van der Waals surface area contributed by atoms with Gasteiger partial charge in [0.25, 0.3) is 11.8 Å². The van der Waals surface area contributed by atoms with Gasteiger partial charge in [0, 0.05) is 29.2 Å². The summed E-state index contributed by atoms with van der Waals surface area (Å²) >= 11 is 6.10. The van der Waals surface area contributed by atoms with E-state index in [1.807, 2.05) is 0 Å². The van der Waals surface area contributed by atoms with E-state index in [0.29, 0.717) is 35.3 Å². The zero-order valence-electron chi connectivity index (χ0n) is 15.9. The largest absolute Gasteiger partial charge is 0.348 e.